The van der Waals surface area contributed by atoms with Gasteiger partial charge in [0.15, 0.2) is 10.3 Å². The van der Waals surface area contributed by atoms with Gasteiger partial charge in [-0.1, -0.05) is 71.9 Å². The van der Waals surface area contributed by atoms with Crippen LogP contribution in [0.3, 0.4) is 0 Å². The number of nitrogens with one attached hydrogen (secondary N) is 2. The lowest BCUT2D eigenvalue weighted by Crippen LogP contribution is -2.15. The summed E-state index contributed by atoms with van der Waals surface area (Å²) >= 11 is 2.55. The summed E-state index contributed by atoms with van der Waals surface area (Å²) in [6.45, 7) is 2.03. The first kappa shape index (κ1) is 20.1. The average molecular weight is 435 g/mol. The number of hydrogen-bond donors (Lipinski definition) is 2. The van der Waals surface area contributed by atoms with E-state index >= 15 is 0 Å². The van der Waals surface area contributed by atoms with Crippen LogP contribution < -0.4 is 10.9 Å². The van der Waals surface area contributed by atoms with Crippen molar-refractivity contribution >= 4 is 34.1 Å². The van der Waals surface area contributed by atoms with Gasteiger partial charge in [0.25, 0.3) is 5.56 Å². The number of amides is 1. The number of benzene rings is 2. The van der Waals surface area contributed by atoms with Gasteiger partial charge < -0.3 is 10.3 Å². The first-order valence-electron chi connectivity index (χ1n) is 9.19. The van der Waals surface area contributed by atoms with E-state index < -0.39 is 0 Å². The predicted octanol–water partition coefficient (Wildman–Crippen LogP) is 4.60. The largest absolute Gasteiger partial charge is 0.301 e. The third-order valence-electron chi connectivity index (χ3n) is 4.23. The third-order valence-corrected chi connectivity index (χ3v) is 5.86. The zero-order chi connectivity index (χ0) is 20.9. The van der Waals surface area contributed by atoms with Gasteiger partial charge in [0.1, 0.15) is 0 Å². The Morgan fingerprint density at radius 1 is 1.03 bits per heavy atom. The zero-order valence-electron chi connectivity index (χ0n) is 16.1. The van der Waals surface area contributed by atoms with E-state index in [9.17, 15) is 9.59 Å². The Hall–Kier alpha value is -3.23. The summed E-state index contributed by atoms with van der Waals surface area (Å²) in [6.07, 6.45) is 0. The molecule has 6 nitrogen and oxygen atoms in total. The first-order chi connectivity index (χ1) is 14.6. The van der Waals surface area contributed by atoms with E-state index in [-0.39, 0.29) is 17.2 Å². The monoisotopic (exact) mass is 434 g/mol. The van der Waals surface area contributed by atoms with Gasteiger partial charge in [-0.3, -0.25) is 9.59 Å². The minimum Gasteiger partial charge on any atom is -0.301 e. The standard InChI is InChI=1S/C22H18N4O2S2/c1-14-7-9-16(10-8-14)18-12-29-22(24-18)26-20(28)13-30-21-23-17(11-19(27)25-21)15-5-3-2-4-6-15/h2-12H,13H2,1H3,(H,23,25,27)(H,24,26,28). The van der Waals surface area contributed by atoms with Crippen LogP contribution in [0, 0.1) is 6.92 Å². The summed E-state index contributed by atoms with van der Waals surface area (Å²) in [7, 11) is 0. The van der Waals surface area contributed by atoms with Crippen molar-refractivity contribution < 1.29 is 4.79 Å². The number of H-pyrrole nitrogens is 1. The van der Waals surface area contributed by atoms with Gasteiger partial charge in [-0.2, -0.15) is 0 Å². The van der Waals surface area contributed by atoms with E-state index in [1.807, 2.05) is 66.9 Å². The van der Waals surface area contributed by atoms with Gasteiger partial charge in [-0.05, 0) is 6.92 Å². The van der Waals surface area contributed by atoms with Gasteiger partial charge in [0, 0.05) is 22.6 Å². The Kier molecular flexibility index (Phi) is 6.06. The van der Waals surface area contributed by atoms with Crippen molar-refractivity contribution in [1.29, 1.82) is 0 Å². The van der Waals surface area contributed by atoms with Gasteiger partial charge in [-0.25, -0.2) is 9.97 Å². The molecule has 0 spiro atoms. The lowest BCUT2D eigenvalue weighted by molar-refractivity contribution is -0.113. The van der Waals surface area contributed by atoms with E-state index in [0.717, 1.165) is 16.8 Å². The van der Waals surface area contributed by atoms with Crippen molar-refractivity contribution in [2.24, 2.45) is 0 Å². The number of aromatic amines is 1. The highest BCUT2D eigenvalue weighted by Gasteiger charge is 2.11. The first-order valence-corrected chi connectivity index (χ1v) is 11.1. The molecule has 0 aliphatic rings. The minimum atomic E-state index is -0.255. The van der Waals surface area contributed by atoms with Crippen LogP contribution in [0.15, 0.2) is 76.0 Å². The molecule has 4 rings (SSSR count). The number of thiazole rings is 1. The number of aryl methyl sites for hydroxylation is 1. The molecular weight excluding hydrogens is 416 g/mol. The fourth-order valence-corrected chi connectivity index (χ4v) is 4.15. The summed E-state index contributed by atoms with van der Waals surface area (Å²) in [5.74, 6) is -0.0988. The van der Waals surface area contributed by atoms with E-state index in [0.29, 0.717) is 16.0 Å². The fraction of sp³-hybridized carbons (Fsp3) is 0.0909. The Morgan fingerprint density at radius 3 is 2.53 bits per heavy atom. The number of thioether (sulfide) groups is 1. The van der Waals surface area contributed by atoms with E-state index in [4.69, 9.17) is 0 Å². The second-order valence-corrected chi connectivity index (χ2v) is 8.36. The fourth-order valence-electron chi connectivity index (χ4n) is 2.74. The molecule has 150 valence electrons. The number of hydrogen-bond acceptors (Lipinski definition) is 6. The molecule has 8 heteroatoms. The van der Waals surface area contributed by atoms with Crippen LogP contribution >= 0.6 is 23.1 Å². The third kappa shape index (κ3) is 5.03. The lowest BCUT2D eigenvalue weighted by Gasteiger charge is -2.04. The maximum absolute atomic E-state index is 12.3. The second kappa shape index (κ2) is 9.06. The second-order valence-electron chi connectivity index (χ2n) is 6.54. The molecule has 0 radical (unpaired) electrons. The molecule has 0 unspecified atom stereocenters. The SMILES string of the molecule is Cc1ccc(-c2csc(NC(=O)CSc3nc(-c4ccccc4)cc(=O)[nH]3)n2)cc1. The van der Waals surface area contributed by atoms with Gasteiger partial charge in [-0.15, -0.1) is 11.3 Å². The Balaban J connectivity index is 1.39. The molecule has 2 aromatic heterocycles. The highest BCUT2D eigenvalue weighted by Crippen LogP contribution is 2.25. The molecule has 1 amide bonds. The smallest absolute Gasteiger partial charge is 0.252 e. The summed E-state index contributed by atoms with van der Waals surface area (Å²) in [6, 6.07) is 19.0. The zero-order valence-corrected chi connectivity index (χ0v) is 17.7. The van der Waals surface area contributed by atoms with Gasteiger partial charge >= 0.3 is 0 Å². The number of rotatable bonds is 6. The summed E-state index contributed by atoms with van der Waals surface area (Å²) in [5.41, 5.74) is 4.18. The number of nitrogens with zero attached hydrogens (tertiary/aromatic N) is 2. The Bertz CT molecular complexity index is 1220. The molecule has 2 heterocycles. The van der Waals surface area contributed by atoms with Crippen LogP contribution in [0.5, 0.6) is 0 Å². The van der Waals surface area contributed by atoms with Crippen LogP contribution in [-0.2, 0) is 4.79 Å². The Labute approximate surface area is 181 Å². The van der Waals surface area contributed by atoms with E-state index in [1.54, 1.807) is 0 Å². The average Bonchev–Trinajstić information content (AvgIpc) is 3.21. The van der Waals surface area contributed by atoms with Crippen molar-refractivity contribution in [2.75, 3.05) is 11.1 Å². The number of aromatic nitrogens is 3. The molecule has 0 fully saturated rings. The van der Waals surface area contributed by atoms with Crippen molar-refractivity contribution in [3.05, 3.63) is 82.0 Å². The quantitative estimate of drug-likeness (QED) is 0.342. The highest BCUT2D eigenvalue weighted by atomic mass is 32.2. The number of carbonyl (C=O) groups excluding carboxylic acids is 1. The maximum Gasteiger partial charge on any atom is 0.252 e. The van der Waals surface area contributed by atoms with Crippen molar-refractivity contribution in [3.63, 3.8) is 0 Å². The predicted molar refractivity (Wildman–Crippen MR) is 122 cm³/mol. The number of carbonyl (C=O) groups is 1. The summed E-state index contributed by atoms with van der Waals surface area (Å²) < 4.78 is 0. The van der Waals surface area contributed by atoms with Crippen LogP contribution in [0.2, 0.25) is 0 Å². The molecule has 30 heavy (non-hydrogen) atoms. The van der Waals surface area contributed by atoms with E-state index in [2.05, 4.69) is 20.3 Å². The maximum atomic E-state index is 12.3. The molecular formula is C22H18N4O2S2. The van der Waals surface area contributed by atoms with Gasteiger partial charge in [0.2, 0.25) is 5.91 Å². The Morgan fingerprint density at radius 2 is 1.77 bits per heavy atom. The molecule has 0 bridgehead atoms. The van der Waals surface area contributed by atoms with Crippen LogP contribution in [0.4, 0.5) is 5.13 Å². The summed E-state index contributed by atoms with van der Waals surface area (Å²) in [5, 5.41) is 5.65. The van der Waals surface area contributed by atoms with Gasteiger partial charge in [0.05, 0.1) is 17.1 Å². The molecule has 0 atom stereocenters. The molecule has 4 aromatic rings. The topological polar surface area (TPSA) is 87.7 Å². The van der Waals surface area contributed by atoms with Crippen LogP contribution in [0.25, 0.3) is 22.5 Å². The van der Waals surface area contributed by atoms with Crippen molar-refractivity contribution in [3.8, 4) is 22.5 Å². The molecule has 0 saturated heterocycles. The lowest BCUT2D eigenvalue weighted by atomic mass is 10.1. The normalized spacial score (nSPS) is 10.7. The minimum absolute atomic E-state index is 0.112. The van der Waals surface area contributed by atoms with Crippen molar-refractivity contribution in [1.82, 2.24) is 15.0 Å². The molecule has 2 aromatic carbocycles. The van der Waals surface area contributed by atoms with Crippen molar-refractivity contribution in [2.45, 2.75) is 12.1 Å². The molecule has 2 N–H and O–H groups in total. The molecule has 0 aliphatic heterocycles. The van der Waals surface area contributed by atoms with Crippen LogP contribution in [-0.4, -0.2) is 26.6 Å². The molecule has 0 saturated carbocycles. The number of anilines is 1. The summed E-state index contributed by atoms with van der Waals surface area (Å²) in [4.78, 5) is 35.9. The van der Waals surface area contributed by atoms with Crippen LogP contribution in [0.1, 0.15) is 5.56 Å². The highest BCUT2D eigenvalue weighted by molar-refractivity contribution is 7.99. The molecule has 0 aliphatic carbocycles. The van der Waals surface area contributed by atoms with E-state index in [1.165, 1.54) is 34.7 Å².